The Kier molecular flexibility index (Phi) is 23.4. The predicted molar refractivity (Wildman–Crippen MR) is 170 cm³/mol. The number of amidine groups is 1. The van der Waals surface area contributed by atoms with Crippen LogP contribution in [0.3, 0.4) is 0 Å². The molecule has 0 spiro atoms. The second-order valence-electron chi connectivity index (χ2n) is 8.65. The first-order valence-corrected chi connectivity index (χ1v) is 14.3. The van der Waals surface area contributed by atoms with Gasteiger partial charge < -0.3 is 20.5 Å². The normalized spacial score (nSPS) is 11.0. The van der Waals surface area contributed by atoms with Gasteiger partial charge in [0.2, 0.25) is 0 Å². The summed E-state index contributed by atoms with van der Waals surface area (Å²) in [5.74, 6) is 0.906. The maximum absolute atomic E-state index is 12.6. The van der Waals surface area contributed by atoms with Gasteiger partial charge in [0, 0.05) is 18.7 Å². The molecule has 1 amide bonds. The molecule has 1 unspecified atom stereocenters. The van der Waals surface area contributed by atoms with Crippen molar-refractivity contribution in [2.75, 3.05) is 13.6 Å². The Morgan fingerprint density at radius 2 is 1.60 bits per heavy atom. The van der Waals surface area contributed by atoms with Gasteiger partial charge in [0.15, 0.2) is 0 Å². The smallest absolute Gasteiger partial charge is 0.279 e. The van der Waals surface area contributed by atoms with E-state index in [0.29, 0.717) is 17.2 Å². The highest BCUT2D eigenvalue weighted by molar-refractivity contribution is 6.06. The molecule has 0 bridgehead atoms. The Labute approximate surface area is 242 Å². The minimum atomic E-state index is -0.548. The third kappa shape index (κ3) is 17.0. The second-order valence-corrected chi connectivity index (χ2v) is 8.65. The predicted octanol–water partition coefficient (Wildman–Crippen LogP) is 8.36. The van der Waals surface area contributed by atoms with Crippen LogP contribution in [0, 0.1) is 11.8 Å². The van der Waals surface area contributed by atoms with Gasteiger partial charge in [-0.1, -0.05) is 79.0 Å². The number of amides is 1. The van der Waals surface area contributed by atoms with Crippen molar-refractivity contribution in [2.45, 2.75) is 94.1 Å². The summed E-state index contributed by atoms with van der Waals surface area (Å²) in [5, 5.41) is 5.63. The number of nitroso groups, excluding NO2 is 1. The van der Waals surface area contributed by atoms with Crippen LogP contribution in [0.1, 0.15) is 96.1 Å². The largest absolute Gasteiger partial charge is 0.488 e. The summed E-state index contributed by atoms with van der Waals surface area (Å²) < 4.78 is 11.7. The fourth-order valence-electron chi connectivity index (χ4n) is 2.81. The standard InChI is InChI=1S/C23H28N4O4.C4H10.C3H8.C2H6/c1-5-17-10-19(7-6-15(17)2)31-21-12-18(23(28)27-22(24)8-9-25-4)11-20(13-21)30-16(3)14-26-29;1-3-4-2;1-3-2;1-2/h6-13,16,25H,5,14H2,1-4H3,(H2,24,27,28);3-4H2,1-2H3;3H2,1-2H3;1-2H3/b9-8-;;;. The lowest BCUT2D eigenvalue weighted by Gasteiger charge is -2.15. The average Bonchev–Trinajstić information content (AvgIpc) is 2.94. The molecule has 8 nitrogen and oxygen atoms in total. The number of carbonyl (C=O) groups excluding carboxylic acids is 1. The van der Waals surface area contributed by atoms with Gasteiger partial charge in [-0.25, -0.2) is 0 Å². The number of nitrogens with one attached hydrogen (secondary N) is 1. The van der Waals surface area contributed by atoms with Crippen LogP contribution >= 0.6 is 0 Å². The van der Waals surface area contributed by atoms with E-state index in [9.17, 15) is 9.70 Å². The minimum absolute atomic E-state index is 0.0217. The van der Waals surface area contributed by atoms with E-state index in [1.54, 1.807) is 32.3 Å². The lowest BCUT2D eigenvalue weighted by atomic mass is 10.1. The van der Waals surface area contributed by atoms with E-state index in [4.69, 9.17) is 15.2 Å². The first kappa shape index (κ1) is 38.5. The lowest BCUT2D eigenvalue weighted by Crippen LogP contribution is -2.16. The molecule has 0 aliphatic carbocycles. The average molecular weight is 557 g/mol. The van der Waals surface area contributed by atoms with Crippen LogP contribution in [-0.4, -0.2) is 31.4 Å². The molecule has 2 rings (SSSR count). The van der Waals surface area contributed by atoms with E-state index in [0.717, 1.165) is 6.42 Å². The summed E-state index contributed by atoms with van der Waals surface area (Å²) in [6, 6.07) is 10.6. The Morgan fingerprint density at radius 3 is 2.12 bits per heavy atom. The second kappa shape index (κ2) is 24.4. The van der Waals surface area contributed by atoms with Crippen molar-refractivity contribution >= 4 is 11.7 Å². The number of ether oxygens (including phenoxy) is 2. The molecule has 1 atom stereocenters. The fraction of sp³-hybridized carbons (Fsp3) is 0.500. The molecule has 0 aliphatic rings. The van der Waals surface area contributed by atoms with Crippen molar-refractivity contribution in [3.05, 3.63) is 70.3 Å². The van der Waals surface area contributed by atoms with Crippen molar-refractivity contribution < 1.29 is 14.3 Å². The number of aryl methyl sites for hydroxylation is 2. The van der Waals surface area contributed by atoms with E-state index in [2.05, 4.69) is 50.1 Å². The molecule has 0 saturated carbocycles. The molecular weight excluding hydrogens is 504 g/mol. The quantitative estimate of drug-likeness (QED) is 0.163. The molecule has 40 heavy (non-hydrogen) atoms. The molecule has 0 aliphatic heterocycles. The zero-order valence-corrected chi connectivity index (χ0v) is 26.3. The van der Waals surface area contributed by atoms with Crippen molar-refractivity contribution in [2.24, 2.45) is 15.9 Å². The number of rotatable bonds is 11. The van der Waals surface area contributed by atoms with Crippen molar-refractivity contribution in [3.8, 4) is 17.2 Å². The van der Waals surface area contributed by atoms with Crippen molar-refractivity contribution in [1.82, 2.24) is 5.32 Å². The number of unbranched alkanes of at least 4 members (excludes halogenated alkanes) is 1. The van der Waals surface area contributed by atoms with Gasteiger partial charge in [-0.15, -0.1) is 0 Å². The number of nitrogens with zero attached hydrogens (tertiary/aromatic N) is 2. The van der Waals surface area contributed by atoms with Gasteiger partial charge in [-0.3, -0.25) is 4.79 Å². The van der Waals surface area contributed by atoms with E-state index in [-0.39, 0.29) is 17.9 Å². The van der Waals surface area contributed by atoms with Crippen LogP contribution in [0.4, 0.5) is 0 Å². The van der Waals surface area contributed by atoms with E-state index < -0.39 is 12.0 Å². The van der Waals surface area contributed by atoms with Crippen molar-refractivity contribution in [1.29, 1.82) is 0 Å². The fourth-order valence-corrected chi connectivity index (χ4v) is 2.81. The van der Waals surface area contributed by atoms with Gasteiger partial charge in [0.25, 0.3) is 5.91 Å². The van der Waals surface area contributed by atoms with E-state index in [1.807, 2.05) is 39.0 Å². The maximum Gasteiger partial charge on any atom is 0.279 e. The summed E-state index contributed by atoms with van der Waals surface area (Å²) in [4.78, 5) is 27.0. The van der Waals surface area contributed by atoms with Crippen LogP contribution in [0.2, 0.25) is 0 Å². The zero-order chi connectivity index (χ0) is 30.9. The van der Waals surface area contributed by atoms with Gasteiger partial charge in [0.05, 0.1) is 0 Å². The molecule has 2 aromatic rings. The molecule has 2 aromatic carbocycles. The number of benzene rings is 2. The van der Waals surface area contributed by atoms with Crippen molar-refractivity contribution in [3.63, 3.8) is 0 Å². The highest BCUT2D eigenvalue weighted by Gasteiger charge is 2.13. The highest BCUT2D eigenvalue weighted by atomic mass is 16.5. The summed E-state index contributed by atoms with van der Waals surface area (Å²) >= 11 is 0. The van der Waals surface area contributed by atoms with E-state index in [1.165, 1.54) is 42.5 Å². The summed E-state index contributed by atoms with van der Waals surface area (Å²) in [6.07, 6.45) is 7.34. The summed E-state index contributed by atoms with van der Waals surface area (Å²) in [5.41, 5.74) is 8.34. The molecule has 0 fully saturated rings. The monoisotopic (exact) mass is 556 g/mol. The van der Waals surface area contributed by atoms with Gasteiger partial charge in [0.1, 0.15) is 35.7 Å². The molecule has 0 aromatic heterocycles. The van der Waals surface area contributed by atoms with Crippen LogP contribution in [-0.2, 0) is 6.42 Å². The highest BCUT2D eigenvalue weighted by Crippen LogP contribution is 2.30. The van der Waals surface area contributed by atoms with Gasteiger partial charge >= 0.3 is 0 Å². The lowest BCUT2D eigenvalue weighted by molar-refractivity contribution is 0.100. The molecule has 0 radical (unpaired) electrons. The Hall–Kier alpha value is -3.68. The zero-order valence-electron chi connectivity index (χ0n) is 26.3. The van der Waals surface area contributed by atoms with E-state index >= 15 is 0 Å². The van der Waals surface area contributed by atoms with Gasteiger partial charge in [-0.05, 0) is 67.9 Å². The molecular formula is C32H52N4O4. The number of nitrogens with two attached hydrogens (primary N) is 1. The Balaban J connectivity index is 0. The number of hydrogen-bond acceptors (Lipinski definition) is 6. The van der Waals surface area contributed by atoms with Crippen LogP contribution < -0.4 is 20.5 Å². The third-order valence-corrected chi connectivity index (χ3v) is 4.88. The molecule has 8 heteroatoms. The van der Waals surface area contributed by atoms with Gasteiger partial charge in [-0.2, -0.15) is 9.90 Å². The summed E-state index contributed by atoms with van der Waals surface area (Å²) in [7, 11) is 1.71. The third-order valence-electron chi connectivity index (χ3n) is 4.88. The number of aliphatic imine (C=N–C) groups is 1. The molecule has 224 valence electrons. The maximum atomic E-state index is 12.6. The SMILES string of the molecule is CC.CCC.CCCC.CCc1cc(Oc2cc(OC(C)CN=O)cc(C(=O)N=C(N)/C=C\NC)c2)ccc1C. The summed E-state index contributed by atoms with van der Waals surface area (Å²) in [6.45, 7) is 18.4. The van der Waals surface area contributed by atoms with Crippen LogP contribution in [0.15, 0.2) is 58.8 Å². The molecule has 0 heterocycles. The minimum Gasteiger partial charge on any atom is -0.488 e. The first-order valence-electron chi connectivity index (χ1n) is 14.3. The van der Waals surface area contributed by atoms with Crippen LogP contribution in [0.5, 0.6) is 17.2 Å². The molecule has 0 saturated heterocycles. The number of carbonyl (C=O) groups is 1. The topological polar surface area (TPSA) is 115 Å². The Morgan fingerprint density at radius 1 is 1.00 bits per heavy atom. The molecule has 3 N–H and O–H groups in total. The number of hydrogen-bond donors (Lipinski definition) is 2. The first-order chi connectivity index (χ1) is 19.2. The Bertz CT molecular complexity index is 1030. The van der Waals surface area contributed by atoms with Crippen LogP contribution in [0.25, 0.3) is 0 Å².